The van der Waals surface area contributed by atoms with E-state index in [2.05, 4.69) is 52.7 Å². The molecule has 6 nitrogen and oxygen atoms in total. The summed E-state index contributed by atoms with van der Waals surface area (Å²) in [5, 5.41) is 6.67. The first-order chi connectivity index (χ1) is 13.0. The first-order valence-corrected chi connectivity index (χ1v) is 9.32. The van der Waals surface area contributed by atoms with Crippen molar-refractivity contribution in [3.05, 3.63) is 53.2 Å². The van der Waals surface area contributed by atoms with Crippen LogP contribution >= 0.6 is 24.0 Å². The fourth-order valence-electron chi connectivity index (χ4n) is 2.65. The van der Waals surface area contributed by atoms with Crippen LogP contribution in [0.4, 0.5) is 5.82 Å². The Morgan fingerprint density at radius 2 is 1.96 bits per heavy atom. The van der Waals surface area contributed by atoms with Gasteiger partial charge in [0.2, 0.25) is 0 Å². The van der Waals surface area contributed by atoms with E-state index in [0.29, 0.717) is 6.54 Å². The molecule has 2 rings (SSSR count). The summed E-state index contributed by atoms with van der Waals surface area (Å²) in [6, 6.07) is 12.3. The molecule has 2 aromatic rings. The Morgan fingerprint density at radius 1 is 1.18 bits per heavy atom. The number of methoxy groups -OCH3 is 1. The number of hydrogen-bond donors (Lipinski definition) is 2. The van der Waals surface area contributed by atoms with Gasteiger partial charge in [-0.1, -0.05) is 18.2 Å². The Balaban J connectivity index is 0.00000392. The quantitative estimate of drug-likeness (QED) is 0.333. The highest BCUT2D eigenvalue weighted by Gasteiger charge is 2.03. The first-order valence-electron chi connectivity index (χ1n) is 9.32. The van der Waals surface area contributed by atoms with Gasteiger partial charge in [0.15, 0.2) is 5.96 Å². The van der Waals surface area contributed by atoms with E-state index < -0.39 is 0 Å². The Bertz CT molecular complexity index is 764. The molecule has 0 aliphatic rings. The van der Waals surface area contributed by atoms with Gasteiger partial charge < -0.3 is 20.3 Å². The third kappa shape index (κ3) is 7.53. The van der Waals surface area contributed by atoms with Crippen LogP contribution in [0, 0.1) is 6.92 Å². The number of benzene rings is 1. The van der Waals surface area contributed by atoms with E-state index in [0.717, 1.165) is 48.3 Å². The third-order valence-corrected chi connectivity index (χ3v) is 4.17. The molecule has 0 amide bonds. The molecule has 0 bridgehead atoms. The van der Waals surface area contributed by atoms with E-state index >= 15 is 0 Å². The molecule has 2 N–H and O–H groups in total. The number of aromatic nitrogens is 1. The normalized spacial score (nSPS) is 10.8. The minimum absolute atomic E-state index is 0. The number of rotatable bonds is 8. The van der Waals surface area contributed by atoms with Crippen LogP contribution in [-0.4, -0.2) is 45.2 Å². The predicted molar refractivity (Wildman–Crippen MR) is 128 cm³/mol. The van der Waals surface area contributed by atoms with Gasteiger partial charge in [0, 0.05) is 27.2 Å². The monoisotopic (exact) mass is 497 g/mol. The van der Waals surface area contributed by atoms with Crippen molar-refractivity contribution in [2.24, 2.45) is 4.99 Å². The van der Waals surface area contributed by atoms with Gasteiger partial charge in [0.25, 0.3) is 0 Å². The fourth-order valence-corrected chi connectivity index (χ4v) is 2.65. The van der Waals surface area contributed by atoms with E-state index in [4.69, 9.17) is 4.74 Å². The highest BCUT2D eigenvalue weighted by molar-refractivity contribution is 14.0. The van der Waals surface area contributed by atoms with Gasteiger partial charge in [-0.2, -0.15) is 0 Å². The van der Waals surface area contributed by atoms with E-state index in [1.54, 1.807) is 7.11 Å². The lowest BCUT2D eigenvalue weighted by atomic mass is 10.1. The van der Waals surface area contributed by atoms with Crippen LogP contribution < -0.4 is 20.3 Å². The topological polar surface area (TPSA) is 61.8 Å². The number of aryl methyl sites for hydroxylation is 1. The van der Waals surface area contributed by atoms with Crippen molar-refractivity contribution in [1.29, 1.82) is 0 Å². The lowest BCUT2D eigenvalue weighted by Gasteiger charge is -2.13. The molecule has 154 valence electrons. The van der Waals surface area contributed by atoms with Gasteiger partial charge in [-0.3, -0.25) is 0 Å². The minimum Gasteiger partial charge on any atom is -0.496 e. The average Bonchev–Trinajstić information content (AvgIpc) is 2.67. The summed E-state index contributed by atoms with van der Waals surface area (Å²) in [6.07, 6.45) is 0.898. The maximum Gasteiger partial charge on any atom is 0.191 e. The zero-order chi connectivity index (χ0) is 19.6. The van der Waals surface area contributed by atoms with Gasteiger partial charge in [-0.25, -0.2) is 9.98 Å². The second-order valence-electron chi connectivity index (χ2n) is 6.56. The van der Waals surface area contributed by atoms with Crippen molar-refractivity contribution >= 4 is 35.8 Å². The molecule has 0 fully saturated rings. The molecule has 1 aromatic carbocycles. The Hall–Kier alpha value is -2.03. The summed E-state index contributed by atoms with van der Waals surface area (Å²) in [5.41, 5.74) is 3.33. The highest BCUT2D eigenvalue weighted by Crippen LogP contribution is 2.19. The van der Waals surface area contributed by atoms with Crippen LogP contribution in [0.2, 0.25) is 0 Å². The maximum atomic E-state index is 5.40. The van der Waals surface area contributed by atoms with E-state index in [-0.39, 0.29) is 24.0 Å². The summed E-state index contributed by atoms with van der Waals surface area (Å²) in [5.74, 6) is 2.67. The molecule has 0 atom stereocenters. The number of aliphatic imine (C=N–C) groups is 1. The summed E-state index contributed by atoms with van der Waals surface area (Å²) >= 11 is 0. The molecule has 7 heteroatoms. The SMILES string of the molecule is CCNC(=NCc1cccc(N(C)C)n1)NCCc1ccc(C)c(OC)c1.I. The summed E-state index contributed by atoms with van der Waals surface area (Å²) in [7, 11) is 5.68. The van der Waals surface area contributed by atoms with E-state index in [1.165, 1.54) is 5.56 Å². The molecule has 0 saturated heterocycles. The maximum absolute atomic E-state index is 5.40. The highest BCUT2D eigenvalue weighted by atomic mass is 127. The molecule has 0 radical (unpaired) electrons. The van der Waals surface area contributed by atoms with Crippen LogP contribution in [0.1, 0.15) is 23.7 Å². The van der Waals surface area contributed by atoms with Crippen molar-refractivity contribution in [2.75, 3.05) is 39.2 Å². The Labute approximate surface area is 185 Å². The molecule has 0 unspecified atom stereocenters. The molecule has 0 aliphatic carbocycles. The van der Waals surface area contributed by atoms with Gasteiger partial charge in [0.05, 0.1) is 19.3 Å². The van der Waals surface area contributed by atoms with Crippen molar-refractivity contribution in [3.8, 4) is 5.75 Å². The number of nitrogens with one attached hydrogen (secondary N) is 2. The zero-order valence-electron chi connectivity index (χ0n) is 17.5. The lowest BCUT2D eigenvalue weighted by molar-refractivity contribution is 0.411. The van der Waals surface area contributed by atoms with Crippen molar-refractivity contribution in [1.82, 2.24) is 15.6 Å². The number of hydrogen-bond acceptors (Lipinski definition) is 4. The summed E-state index contributed by atoms with van der Waals surface area (Å²) < 4.78 is 5.40. The zero-order valence-corrected chi connectivity index (χ0v) is 19.8. The summed E-state index contributed by atoms with van der Waals surface area (Å²) in [4.78, 5) is 11.3. The number of halogens is 1. The van der Waals surface area contributed by atoms with Gasteiger partial charge in [-0.05, 0) is 49.6 Å². The van der Waals surface area contributed by atoms with Gasteiger partial charge >= 0.3 is 0 Å². The van der Waals surface area contributed by atoms with E-state index in [1.807, 2.05) is 37.2 Å². The minimum atomic E-state index is 0. The number of pyridine rings is 1. The van der Waals surface area contributed by atoms with E-state index in [9.17, 15) is 0 Å². The largest absolute Gasteiger partial charge is 0.496 e. The molecular weight excluding hydrogens is 465 g/mol. The second kappa shape index (κ2) is 12.4. The third-order valence-electron chi connectivity index (χ3n) is 4.17. The molecule has 0 spiro atoms. The number of anilines is 1. The van der Waals surface area contributed by atoms with Crippen molar-refractivity contribution in [2.45, 2.75) is 26.8 Å². The molecule has 1 heterocycles. The summed E-state index contributed by atoms with van der Waals surface area (Å²) in [6.45, 7) is 6.26. The van der Waals surface area contributed by atoms with Crippen LogP contribution in [0.15, 0.2) is 41.4 Å². The fraction of sp³-hybridized carbons (Fsp3) is 0.429. The van der Waals surface area contributed by atoms with Crippen LogP contribution in [0.25, 0.3) is 0 Å². The number of guanidine groups is 1. The molecule has 28 heavy (non-hydrogen) atoms. The number of nitrogens with zero attached hydrogens (tertiary/aromatic N) is 3. The Kier molecular flexibility index (Phi) is 10.7. The second-order valence-corrected chi connectivity index (χ2v) is 6.56. The average molecular weight is 497 g/mol. The molecule has 0 aliphatic heterocycles. The smallest absolute Gasteiger partial charge is 0.191 e. The molecule has 0 saturated carbocycles. The van der Waals surface area contributed by atoms with Crippen molar-refractivity contribution < 1.29 is 4.74 Å². The van der Waals surface area contributed by atoms with Gasteiger partial charge in [0.1, 0.15) is 11.6 Å². The van der Waals surface area contributed by atoms with Crippen LogP contribution in [0.5, 0.6) is 5.75 Å². The van der Waals surface area contributed by atoms with Crippen molar-refractivity contribution in [3.63, 3.8) is 0 Å². The molecule has 1 aromatic heterocycles. The first kappa shape index (κ1) is 24.0. The van der Waals surface area contributed by atoms with Crippen LogP contribution in [0.3, 0.4) is 0 Å². The predicted octanol–water partition coefficient (Wildman–Crippen LogP) is 3.38. The molecular formula is C21H32IN5O. The van der Waals surface area contributed by atoms with Gasteiger partial charge in [-0.15, -0.1) is 24.0 Å². The lowest BCUT2D eigenvalue weighted by Crippen LogP contribution is -2.38. The number of ether oxygens (including phenoxy) is 1. The standard InChI is InChI=1S/C21H31N5O.HI/c1-6-22-21(24-15-18-8-7-9-20(25-18)26(3)4)23-13-12-17-11-10-16(2)19(14-17)27-5;/h7-11,14H,6,12-13,15H2,1-5H3,(H2,22,23,24);1H. The van der Waals surface area contributed by atoms with Crippen LogP contribution in [-0.2, 0) is 13.0 Å². The Morgan fingerprint density at radius 3 is 2.64 bits per heavy atom.